The SMILES string of the molecule is C1=CC2Nc3ccc4ccccc4c3C2c2ccccc21. The van der Waals surface area contributed by atoms with Crippen molar-refractivity contribution in [3.63, 3.8) is 0 Å². The van der Waals surface area contributed by atoms with Crippen molar-refractivity contribution < 1.29 is 0 Å². The lowest BCUT2D eigenvalue weighted by molar-refractivity contribution is 0.782. The first-order chi connectivity index (χ1) is 10.4. The molecule has 1 N–H and O–H groups in total. The van der Waals surface area contributed by atoms with Gasteiger partial charge in [-0.25, -0.2) is 0 Å². The highest BCUT2D eigenvalue weighted by Crippen LogP contribution is 2.47. The summed E-state index contributed by atoms with van der Waals surface area (Å²) >= 11 is 0. The summed E-state index contributed by atoms with van der Waals surface area (Å²) < 4.78 is 0. The van der Waals surface area contributed by atoms with Gasteiger partial charge >= 0.3 is 0 Å². The highest BCUT2D eigenvalue weighted by molar-refractivity contribution is 5.93. The van der Waals surface area contributed by atoms with Crippen LogP contribution in [0.5, 0.6) is 0 Å². The molecule has 2 aliphatic rings. The monoisotopic (exact) mass is 269 g/mol. The van der Waals surface area contributed by atoms with Crippen LogP contribution in [0.4, 0.5) is 5.69 Å². The molecule has 1 aliphatic carbocycles. The molecule has 21 heavy (non-hydrogen) atoms. The fourth-order valence-electron chi connectivity index (χ4n) is 3.86. The molecule has 3 aromatic carbocycles. The van der Waals surface area contributed by atoms with E-state index >= 15 is 0 Å². The van der Waals surface area contributed by atoms with E-state index in [4.69, 9.17) is 0 Å². The fraction of sp³-hybridized carbons (Fsp3) is 0.100. The van der Waals surface area contributed by atoms with Crippen molar-refractivity contribution in [2.45, 2.75) is 12.0 Å². The Morgan fingerprint density at radius 1 is 0.810 bits per heavy atom. The third kappa shape index (κ3) is 1.46. The minimum absolute atomic E-state index is 0.376. The van der Waals surface area contributed by atoms with Crippen LogP contribution in [0, 0.1) is 0 Å². The van der Waals surface area contributed by atoms with Crippen LogP contribution < -0.4 is 5.32 Å². The summed E-state index contributed by atoms with van der Waals surface area (Å²) in [6.45, 7) is 0. The van der Waals surface area contributed by atoms with E-state index in [2.05, 4.69) is 78.1 Å². The van der Waals surface area contributed by atoms with Gasteiger partial charge in [0, 0.05) is 11.6 Å². The summed E-state index contributed by atoms with van der Waals surface area (Å²) in [7, 11) is 0. The molecule has 1 heteroatoms. The van der Waals surface area contributed by atoms with Gasteiger partial charge in [-0.2, -0.15) is 0 Å². The van der Waals surface area contributed by atoms with Crippen molar-refractivity contribution in [1.82, 2.24) is 0 Å². The normalized spacial score (nSPS) is 21.5. The van der Waals surface area contributed by atoms with Gasteiger partial charge in [-0.1, -0.05) is 66.7 Å². The summed E-state index contributed by atoms with van der Waals surface area (Å²) in [6, 6.07) is 22.3. The molecule has 1 nitrogen and oxygen atoms in total. The predicted octanol–water partition coefficient (Wildman–Crippen LogP) is 4.79. The zero-order chi connectivity index (χ0) is 13.8. The van der Waals surface area contributed by atoms with E-state index in [0.717, 1.165) is 0 Å². The van der Waals surface area contributed by atoms with Crippen LogP contribution in [0.15, 0.2) is 66.7 Å². The van der Waals surface area contributed by atoms with Gasteiger partial charge in [0.25, 0.3) is 0 Å². The lowest BCUT2D eigenvalue weighted by Crippen LogP contribution is -2.21. The van der Waals surface area contributed by atoms with E-state index in [1.807, 2.05) is 0 Å². The number of nitrogens with one attached hydrogen (secondary N) is 1. The van der Waals surface area contributed by atoms with Gasteiger partial charge in [0.2, 0.25) is 0 Å². The number of rotatable bonds is 0. The topological polar surface area (TPSA) is 12.0 Å². The molecule has 2 unspecified atom stereocenters. The molecule has 5 rings (SSSR count). The number of anilines is 1. The summed E-state index contributed by atoms with van der Waals surface area (Å²) in [6.07, 6.45) is 4.55. The first kappa shape index (κ1) is 11.2. The first-order valence-electron chi connectivity index (χ1n) is 7.47. The zero-order valence-corrected chi connectivity index (χ0v) is 11.6. The van der Waals surface area contributed by atoms with E-state index in [-0.39, 0.29) is 0 Å². The lowest BCUT2D eigenvalue weighted by Gasteiger charge is -2.24. The van der Waals surface area contributed by atoms with Gasteiger partial charge in [0.1, 0.15) is 0 Å². The van der Waals surface area contributed by atoms with E-state index in [0.29, 0.717) is 12.0 Å². The maximum atomic E-state index is 3.68. The third-order valence-electron chi connectivity index (χ3n) is 4.78. The molecule has 1 aliphatic heterocycles. The first-order valence-corrected chi connectivity index (χ1v) is 7.47. The van der Waals surface area contributed by atoms with Gasteiger partial charge in [-0.05, 0) is 33.5 Å². The minimum atomic E-state index is 0.376. The van der Waals surface area contributed by atoms with Crippen LogP contribution in [0.3, 0.4) is 0 Å². The van der Waals surface area contributed by atoms with Crippen LogP contribution in [0.25, 0.3) is 16.8 Å². The molecule has 3 aromatic rings. The molecule has 2 atom stereocenters. The molecular formula is C20H15N. The maximum absolute atomic E-state index is 3.68. The van der Waals surface area contributed by atoms with E-state index in [1.165, 1.54) is 33.2 Å². The Hall–Kier alpha value is -2.54. The van der Waals surface area contributed by atoms with Crippen molar-refractivity contribution in [2.24, 2.45) is 0 Å². The van der Waals surface area contributed by atoms with Crippen LogP contribution in [0.1, 0.15) is 22.6 Å². The van der Waals surface area contributed by atoms with E-state index in [9.17, 15) is 0 Å². The molecule has 0 saturated carbocycles. The second-order valence-electron chi connectivity index (χ2n) is 5.88. The molecular weight excluding hydrogens is 254 g/mol. The summed E-state index contributed by atoms with van der Waals surface area (Å²) in [4.78, 5) is 0. The number of fused-ring (bicyclic) bond motifs is 7. The Kier molecular flexibility index (Phi) is 2.12. The average Bonchev–Trinajstić information content (AvgIpc) is 2.94. The number of hydrogen-bond donors (Lipinski definition) is 1. The summed E-state index contributed by atoms with van der Waals surface area (Å²) in [5.41, 5.74) is 5.52. The Morgan fingerprint density at radius 2 is 1.67 bits per heavy atom. The van der Waals surface area contributed by atoms with E-state index in [1.54, 1.807) is 0 Å². The van der Waals surface area contributed by atoms with E-state index < -0.39 is 0 Å². The Labute approximate surface area is 123 Å². The highest BCUT2D eigenvalue weighted by atomic mass is 15.0. The van der Waals surface area contributed by atoms with Gasteiger partial charge in [0.05, 0.1) is 6.04 Å². The standard InChI is InChI=1S/C20H15N/c1-3-7-15-13(5-1)9-11-17-19(15)20-16-8-4-2-6-14(16)10-12-18(20)21-17/h1-12,17,19,21H. The summed E-state index contributed by atoms with van der Waals surface area (Å²) in [5, 5.41) is 6.38. The third-order valence-corrected chi connectivity index (χ3v) is 4.78. The maximum Gasteiger partial charge on any atom is 0.0558 e. The Morgan fingerprint density at radius 3 is 2.67 bits per heavy atom. The molecule has 0 fully saturated rings. The Bertz CT molecular complexity index is 891. The van der Waals surface area contributed by atoms with Crippen molar-refractivity contribution in [3.05, 3.63) is 83.4 Å². The quantitative estimate of drug-likeness (QED) is 0.618. The lowest BCUT2D eigenvalue weighted by atomic mass is 9.80. The molecule has 0 bridgehead atoms. The van der Waals surface area contributed by atoms with Gasteiger partial charge in [0.15, 0.2) is 0 Å². The highest BCUT2D eigenvalue weighted by Gasteiger charge is 2.35. The van der Waals surface area contributed by atoms with Gasteiger partial charge < -0.3 is 5.32 Å². The minimum Gasteiger partial charge on any atom is -0.378 e. The molecule has 0 amide bonds. The smallest absolute Gasteiger partial charge is 0.0558 e. The summed E-state index contributed by atoms with van der Waals surface area (Å²) in [5.74, 6) is 0.423. The van der Waals surface area contributed by atoms with Crippen LogP contribution in [0.2, 0.25) is 0 Å². The van der Waals surface area contributed by atoms with Crippen LogP contribution in [-0.2, 0) is 0 Å². The van der Waals surface area contributed by atoms with Gasteiger partial charge in [-0.3, -0.25) is 0 Å². The number of hydrogen-bond acceptors (Lipinski definition) is 1. The molecule has 100 valence electrons. The molecule has 0 spiro atoms. The van der Waals surface area contributed by atoms with Crippen molar-refractivity contribution >= 4 is 22.5 Å². The van der Waals surface area contributed by atoms with Crippen molar-refractivity contribution in [3.8, 4) is 0 Å². The van der Waals surface area contributed by atoms with Gasteiger partial charge in [-0.15, -0.1) is 0 Å². The molecule has 0 saturated heterocycles. The zero-order valence-electron chi connectivity index (χ0n) is 11.6. The van der Waals surface area contributed by atoms with Crippen molar-refractivity contribution in [2.75, 3.05) is 5.32 Å². The molecule has 1 heterocycles. The van der Waals surface area contributed by atoms with Crippen LogP contribution >= 0.6 is 0 Å². The largest absolute Gasteiger partial charge is 0.378 e. The second kappa shape index (κ2) is 3.98. The fourth-order valence-corrected chi connectivity index (χ4v) is 3.86. The molecule has 0 aromatic heterocycles. The van der Waals surface area contributed by atoms with Crippen molar-refractivity contribution in [1.29, 1.82) is 0 Å². The van der Waals surface area contributed by atoms with Crippen LogP contribution in [-0.4, -0.2) is 6.04 Å². The average molecular weight is 269 g/mol. The predicted molar refractivity (Wildman–Crippen MR) is 88.7 cm³/mol. The molecule has 0 radical (unpaired) electrons. The second-order valence-corrected chi connectivity index (χ2v) is 5.88. The Balaban J connectivity index is 1.85. The number of benzene rings is 3.